The lowest BCUT2D eigenvalue weighted by Crippen LogP contribution is -2.19. The molecule has 0 radical (unpaired) electrons. The lowest BCUT2D eigenvalue weighted by atomic mass is 10.2. The molecule has 3 nitrogen and oxygen atoms in total. The summed E-state index contributed by atoms with van der Waals surface area (Å²) in [5, 5.41) is 3.27. The first-order valence-corrected chi connectivity index (χ1v) is 6.91. The summed E-state index contributed by atoms with van der Waals surface area (Å²) >= 11 is 0. The van der Waals surface area contributed by atoms with E-state index in [9.17, 15) is 0 Å². The number of amidine groups is 1. The van der Waals surface area contributed by atoms with Crippen LogP contribution >= 0.6 is 0 Å². The van der Waals surface area contributed by atoms with E-state index in [1.54, 1.807) is 0 Å². The topological polar surface area (TPSA) is 33.6 Å². The largest absolute Gasteiger partial charge is 0.494 e. The van der Waals surface area contributed by atoms with Gasteiger partial charge in [-0.05, 0) is 30.7 Å². The molecule has 0 aliphatic carbocycles. The zero-order valence-corrected chi connectivity index (χ0v) is 11.1. The molecule has 0 saturated heterocycles. The molecule has 0 fully saturated rings. The van der Waals surface area contributed by atoms with Crippen molar-refractivity contribution >= 4 is 5.84 Å². The first kappa shape index (κ1) is 12.9. The van der Waals surface area contributed by atoms with Crippen molar-refractivity contribution in [2.45, 2.75) is 32.6 Å². The zero-order valence-electron chi connectivity index (χ0n) is 11.1. The number of unbranched alkanes of at least 4 members (excludes halogenated alkanes) is 3. The number of benzene rings is 1. The Balaban J connectivity index is 1.77. The maximum absolute atomic E-state index is 5.71. The van der Waals surface area contributed by atoms with Gasteiger partial charge in [0.2, 0.25) is 0 Å². The maximum Gasteiger partial charge on any atom is 0.128 e. The van der Waals surface area contributed by atoms with Crippen molar-refractivity contribution in [1.29, 1.82) is 0 Å². The van der Waals surface area contributed by atoms with Crippen LogP contribution in [0.1, 0.15) is 38.2 Å². The van der Waals surface area contributed by atoms with Crippen molar-refractivity contribution in [1.82, 2.24) is 5.32 Å². The highest BCUT2D eigenvalue weighted by molar-refractivity contribution is 5.99. The molecule has 1 aliphatic rings. The van der Waals surface area contributed by atoms with Gasteiger partial charge in [0.1, 0.15) is 11.6 Å². The van der Waals surface area contributed by atoms with E-state index in [4.69, 9.17) is 4.74 Å². The average Bonchev–Trinajstić information content (AvgIpc) is 2.93. The summed E-state index contributed by atoms with van der Waals surface area (Å²) in [6.07, 6.45) is 4.97. The Kier molecular flexibility index (Phi) is 5.06. The fourth-order valence-corrected chi connectivity index (χ4v) is 2.02. The molecule has 1 heterocycles. The van der Waals surface area contributed by atoms with Crippen LogP contribution in [0.3, 0.4) is 0 Å². The molecule has 0 saturated carbocycles. The molecule has 1 aromatic rings. The average molecular weight is 246 g/mol. The Bertz CT molecular complexity index is 384. The molecule has 1 aromatic carbocycles. The van der Waals surface area contributed by atoms with Crippen LogP contribution in [-0.4, -0.2) is 25.5 Å². The van der Waals surface area contributed by atoms with Crippen molar-refractivity contribution in [3.63, 3.8) is 0 Å². The minimum Gasteiger partial charge on any atom is -0.494 e. The molecule has 1 N–H and O–H groups in total. The fourth-order valence-electron chi connectivity index (χ4n) is 2.02. The van der Waals surface area contributed by atoms with Gasteiger partial charge in [-0.15, -0.1) is 0 Å². The SMILES string of the molecule is CCCCCCOc1ccc(C2=NCCN2)cc1. The van der Waals surface area contributed by atoms with E-state index in [1.165, 1.54) is 19.3 Å². The third kappa shape index (κ3) is 3.76. The number of hydrogen-bond donors (Lipinski definition) is 1. The van der Waals surface area contributed by atoms with Crippen LogP contribution in [0.4, 0.5) is 0 Å². The number of nitrogens with one attached hydrogen (secondary N) is 1. The Hall–Kier alpha value is -1.51. The van der Waals surface area contributed by atoms with Crippen molar-refractivity contribution < 1.29 is 4.74 Å². The molecule has 3 heteroatoms. The van der Waals surface area contributed by atoms with Gasteiger partial charge in [0.25, 0.3) is 0 Å². The smallest absolute Gasteiger partial charge is 0.128 e. The van der Waals surface area contributed by atoms with Gasteiger partial charge in [0.15, 0.2) is 0 Å². The van der Waals surface area contributed by atoms with E-state index in [0.717, 1.165) is 43.3 Å². The molecule has 0 aromatic heterocycles. The van der Waals surface area contributed by atoms with Crippen molar-refractivity contribution in [3.8, 4) is 5.75 Å². The van der Waals surface area contributed by atoms with Gasteiger partial charge in [-0.3, -0.25) is 4.99 Å². The standard InChI is InChI=1S/C15H22N2O/c1-2-3-4-5-12-18-14-8-6-13(7-9-14)15-16-10-11-17-15/h6-9H,2-5,10-12H2,1H3,(H,16,17). The Morgan fingerprint density at radius 3 is 2.67 bits per heavy atom. The Morgan fingerprint density at radius 2 is 2.00 bits per heavy atom. The first-order valence-electron chi connectivity index (χ1n) is 6.91. The predicted molar refractivity (Wildman–Crippen MR) is 75.5 cm³/mol. The lowest BCUT2D eigenvalue weighted by molar-refractivity contribution is 0.305. The van der Waals surface area contributed by atoms with Crippen LogP contribution < -0.4 is 10.1 Å². The fraction of sp³-hybridized carbons (Fsp3) is 0.533. The van der Waals surface area contributed by atoms with Crippen LogP contribution in [-0.2, 0) is 0 Å². The summed E-state index contributed by atoms with van der Waals surface area (Å²) in [5.41, 5.74) is 1.14. The van der Waals surface area contributed by atoms with Gasteiger partial charge in [-0.2, -0.15) is 0 Å². The molecule has 0 atom stereocenters. The van der Waals surface area contributed by atoms with Crippen molar-refractivity contribution in [3.05, 3.63) is 29.8 Å². The van der Waals surface area contributed by atoms with Crippen LogP contribution in [0.5, 0.6) is 5.75 Å². The molecule has 0 spiro atoms. The van der Waals surface area contributed by atoms with Crippen LogP contribution in [0.2, 0.25) is 0 Å². The Morgan fingerprint density at radius 1 is 1.17 bits per heavy atom. The second-order valence-electron chi connectivity index (χ2n) is 4.59. The monoisotopic (exact) mass is 246 g/mol. The van der Waals surface area contributed by atoms with E-state index in [2.05, 4.69) is 29.4 Å². The summed E-state index contributed by atoms with van der Waals surface area (Å²) in [5.74, 6) is 1.96. The molecule has 0 bridgehead atoms. The molecule has 18 heavy (non-hydrogen) atoms. The molecular weight excluding hydrogens is 224 g/mol. The number of rotatable bonds is 7. The summed E-state index contributed by atoms with van der Waals surface area (Å²) in [4.78, 5) is 4.40. The summed E-state index contributed by atoms with van der Waals surface area (Å²) < 4.78 is 5.71. The third-order valence-corrected chi connectivity index (χ3v) is 3.07. The van der Waals surface area contributed by atoms with Gasteiger partial charge in [0.05, 0.1) is 13.2 Å². The highest BCUT2D eigenvalue weighted by atomic mass is 16.5. The van der Waals surface area contributed by atoms with E-state index >= 15 is 0 Å². The van der Waals surface area contributed by atoms with Gasteiger partial charge in [-0.1, -0.05) is 26.2 Å². The second-order valence-corrected chi connectivity index (χ2v) is 4.59. The molecular formula is C15H22N2O. The predicted octanol–water partition coefficient (Wildman–Crippen LogP) is 3.00. The molecule has 0 amide bonds. The maximum atomic E-state index is 5.71. The van der Waals surface area contributed by atoms with Gasteiger partial charge >= 0.3 is 0 Å². The van der Waals surface area contributed by atoms with Gasteiger partial charge in [0, 0.05) is 12.1 Å². The minimum atomic E-state index is 0.818. The van der Waals surface area contributed by atoms with Crippen LogP contribution in [0.15, 0.2) is 29.3 Å². The zero-order chi connectivity index (χ0) is 12.6. The lowest BCUT2D eigenvalue weighted by Gasteiger charge is -2.07. The van der Waals surface area contributed by atoms with Crippen LogP contribution in [0, 0.1) is 0 Å². The molecule has 98 valence electrons. The Labute approximate surface area is 109 Å². The summed E-state index contributed by atoms with van der Waals surface area (Å²) in [6.45, 7) is 4.87. The third-order valence-electron chi connectivity index (χ3n) is 3.07. The number of aliphatic imine (C=N–C) groups is 1. The quantitative estimate of drug-likeness (QED) is 0.750. The minimum absolute atomic E-state index is 0.818. The summed E-state index contributed by atoms with van der Waals surface area (Å²) in [7, 11) is 0. The second kappa shape index (κ2) is 7.04. The van der Waals surface area contributed by atoms with E-state index in [0.29, 0.717) is 0 Å². The normalized spacial score (nSPS) is 14.2. The molecule has 2 rings (SSSR count). The van der Waals surface area contributed by atoms with Gasteiger partial charge in [-0.25, -0.2) is 0 Å². The number of ether oxygens (including phenoxy) is 1. The van der Waals surface area contributed by atoms with Crippen molar-refractivity contribution in [2.75, 3.05) is 19.7 Å². The first-order chi connectivity index (χ1) is 8.90. The van der Waals surface area contributed by atoms with Gasteiger partial charge < -0.3 is 10.1 Å². The molecule has 1 aliphatic heterocycles. The number of hydrogen-bond acceptors (Lipinski definition) is 3. The number of nitrogens with zero attached hydrogens (tertiary/aromatic N) is 1. The van der Waals surface area contributed by atoms with Crippen molar-refractivity contribution in [2.24, 2.45) is 4.99 Å². The highest BCUT2D eigenvalue weighted by Crippen LogP contribution is 2.14. The summed E-state index contributed by atoms with van der Waals surface area (Å²) in [6, 6.07) is 8.19. The van der Waals surface area contributed by atoms with E-state index in [1.807, 2.05) is 12.1 Å². The van der Waals surface area contributed by atoms with E-state index in [-0.39, 0.29) is 0 Å². The highest BCUT2D eigenvalue weighted by Gasteiger charge is 2.07. The van der Waals surface area contributed by atoms with E-state index < -0.39 is 0 Å². The molecule has 0 unspecified atom stereocenters. The van der Waals surface area contributed by atoms with Crippen LogP contribution in [0.25, 0.3) is 0 Å².